The van der Waals surface area contributed by atoms with E-state index < -0.39 is 18.1 Å². The van der Waals surface area contributed by atoms with Gasteiger partial charge in [0, 0.05) is 32.3 Å². The first kappa shape index (κ1) is 20.1. The Labute approximate surface area is 178 Å². The molecular weight excluding hydrogens is 416 g/mol. The van der Waals surface area contributed by atoms with E-state index in [9.17, 15) is 13.9 Å². The van der Waals surface area contributed by atoms with E-state index in [2.05, 4.69) is 19.9 Å². The summed E-state index contributed by atoms with van der Waals surface area (Å²) >= 11 is 5.88. The fourth-order valence-electron chi connectivity index (χ4n) is 5.10. The lowest BCUT2D eigenvalue weighted by Gasteiger charge is -2.32. The second-order valence-corrected chi connectivity index (χ2v) is 8.92. The van der Waals surface area contributed by atoms with E-state index in [0.717, 1.165) is 25.8 Å². The average molecular weight is 440 g/mol. The highest BCUT2D eigenvalue weighted by atomic mass is 35.5. The van der Waals surface area contributed by atoms with Crippen molar-refractivity contribution in [2.24, 2.45) is 0 Å². The van der Waals surface area contributed by atoms with Crippen LogP contribution in [0, 0.1) is 5.82 Å². The van der Waals surface area contributed by atoms with Gasteiger partial charge in [0.25, 0.3) is 0 Å². The van der Waals surface area contributed by atoms with Crippen LogP contribution < -0.4 is 9.64 Å². The van der Waals surface area contributed by atoms with E-state index in [-0.39, 0.29) is 28.8 Å². The summed E-state index contributed by atoms with van der Waals surface area (Å²) in [6.45, 7) is 2.59. The molecule has 162 valence electrons. The van der Waals surface area contributed by atoms with E-state index in [0.29, 0.717) is 43.7 Å². The Morgan fingerprint density at radius 2 is 2.13 bits per heavy atom. The topological polar surface area (TPSA) is 74.6 Å². The number of β-amino-alcohol motifs (C(OH)–C–C–N with tert-alkyl or cyclic N) is 1. The molecule has 1 N–H and O–H groups in total. The summed E-state index contributed by atoms with van der Waals surface area (Å²) in [5, 5.41) is 10.2. The number of aromatic nitrogens is 3. The third-order valence-electron chi connectivity index (χ3n) is 6.53. The van der Waals surface area contributed by atoms with Gasteiger partial charge in [-0.25, -0.2) is 13.8 Å². The molecule has 0 unspecified atom stereocenters. The van der Waals surface area contributed by atoms with Crippen LogP contribution in [-0.4, -0.2) is 75.6 Å². The molecule has 0 radical (unpaired) electrons. The SMILES string of the molecule is O[C@@H]1CCCN(c2nc(OC[C@@]34CCCN3C[C@@H](F)C4)nc3c(F)c(Cl)ncc23)C1. The van der Waals surface area contributed by atoms with Crippen LogP contribution in [0.1, 0.15) is 32.1 Å². The lowest BCUT2D eigenvalue weighted by atomic mass is 9.95. The first-order chi connectivity index (χ1) is 14.4. The monoisotopic (exact) mass is 439 g/mol. The number of anilines is 1. The Morgan fingerprint density at radius 3 is 2.97 bits per heavy atom. The maximum atomic E-state index is 14.7. The number of hydrogen-bond donors (Lipinski definition) is 1. The number of ether oxygens (including phenoxy) is 1. The highest BCUT2D eigenvalue weighted by Gasteiger charge is 2.49. The van der Waals surface area contributed by atoms with Gasteiger partial charge in [-0.15, -0.1) is 0 Å². The van der Waals surface area contributed by atoms with E-state index in [1.165, 1.54) is 6.20 Å². The molecule has 2 aromatic heterocycles. The zero-order valence-electron chi connectivity index (χ0n) is 16.5. The minimum atomic E-state index is -0.862. The van der Waals surface area contributed by atoms with Crippen LogP contribution in [0.5, 0.6) is 6.01 Å². The van der Waals surface area contributed by atoms with Crippen molar-refractivity contribution >= 4 is 28.3 Å². The van der Waals surface area contributed by atoms with Crippen molar-refractivity contribution in [3.8, 4) is 6.01 Å². The Hall–Kier alpha value is -1.84. The molecule has 5 rings (SSSR count). The Balaban J connectivity index is 1.50. The Kier molecular flexibility index (Phi) is 5.15. The summed E-state index contributed by atoms with van der Waals surface area (Å²) in [7, 11) is 0. The minimum Gasteiger partial charge on any atom is -0.461 e. The number of fused-ring (bicyclic) bond motifs is 2. The molecule has 0 aromatic carbocycles. The summed E-state index contributed by atoms with van der Waals surface area (Å²) in [4.78, 5) is 16.7. The molecule has 2 aromatic rings. The number of aliphatic hydroxyl groups is 1. The third-order valence-corrected chi connectivity index (χ3v) is 6.79. The molecule has 0 aliphatic carbocycles. The number of alkyl halides is 1. The van der Waals surface area contributed by atoms with Crippen molar-refractivity contribution in [2.75, 3.05) is 37.7 Å². The summed E-state index contributed by atoms with van der Waals surface area (Å²) in [6.07, 6.45) is 3.89. The van der Waals surface area contributed by atoms with E-state index in [4.69, 9.17) is 16.3 Å². The van der Waals surface area contributed by atoms with Crippen LogP contribution in [0.2, 0.25) is 5.15 Å². The van der Waals surface area contributed by atoms with Crippen molar-refractivity contribution in [1.82, 2.24) is 19.9 Å². The lowest BCUT2D eigenvalue weighted by molar-refractivity contribution is 0.107. The fourth-order valence-corrected chi connectivity index (χ4v) is 5.24. The van der Waals surface area contributed by atoms with Crippen LogP contribution in [0.25, 0.3) is 10.9 Å². The summed E-state index contributed by atoms with van der Waals surface area (Å²) < 4.78 is 34.7. The summed E-state index contributed by atoms with van der Waals surface area (Å²) in [5.74, 6) is -0.266. The third kappa shape index (κ3) is 3.46. The van der Waals surface area contributed by atoms with Crippen molar-refractivity contribution < 1.29 is 18.6 Å². The minimum absolute atomic E-state index is 0.0299. The molecule has 0 amide bonds. The maximum absolute atomic E-state index is 14.7. The molecule has 0 bridgehead atoms. The van der Waals surface area contributed by atoms with Crippen molar-refractivity contribution in [3.05, 3.63) is 17.2 Å². The molecule has 0 spiro atoms. The molecule has 3 saturated heterocycles. The fraction of sp³-hybridized carbons (Fsp3) is 0.650. The standard InChI is InChI=1S/C20H24ClF2N5O2/c21-17-15(23)16-14(8-24-17)18(27-5-1-3-13(29)10-27)26-19(25-16)30-11-20-4-2-6-28(20)9-12(22)7-20/h8,12-13,29H,1-7,9-11H2/t12-,13+,20-/m0/s1. The number of aliphatic hydroxyl groups excluding tert-OH is 1. The molecule has 5 heterocycles. The van der Waals surface area contributed by atoms with Gasteiger partial charge < -0.3 is 14.7 Å². The van der Waals surface area contributed by atoms with Crippen LogP contribution in [0.15, 0.2) is 6.20 Å². The maximum Gasteiger partial charge on any atom is 0.319 e. The largest absolute Gasteiger partial charge is 0.461 e. The van der Waals surface area contributed by atoms with Gasteiger partial charge in [-0.1, -0.05) is 11.6 Å². The Bertz CT molecular complexity index is 966. The zero-order valence-corrected chi connectivity index (χ0v) is 17.3. The van der Waals surface area contributed by atoms with Crippen molar-refractivity contribution in [3.63, 3.8) is 0 Å². The number of pyridine rings is 1. The van der Waals surface area contributed by atoms with Gasteiger partial charge in [0.2, 0.25) is 0 Å². The van der Waals surface area contributed by atoms with Gasteiger partial charge in [-0.05, 0) is 32.2 Å². The molecule has 10 heteroatoms. The van der Waals surface area contributed by atoms with Gasteiger partial charge in [-0.3, -0.25) is 4.90 Å². The second kappa shape index (κ2) is 7.69. The van der Waals surface area contributed by atoms with Crippen LogP contribution >= 0.6 is 11.6 Å². The first-order valence-corrected chi connectivity index (χ1v) is 10.8. The van der Waals surface area contributed by atoms with Crippen molar-refractivity contribution in [1.29, 1.82) is 0 Å². The smallest absolute Gasteiger partial charge is 0.319 e. The molecule has 3 aliphatic heterocycles. The number of halogens is 3. The normalized spacial score (nSPS) is 29.5. The first-order valence-electron chi connectivity index (χ1n) is 10.4. The average Bonchev–Trinajstić information content (AvgIpc) is 3.24. The van der Waals surface area contributed by atoms with Crippen LogP contribution in [0.3, 0.4) is 0 Å². The number of piperidine rings is 1. The molecule has 3 aliphatic rings. The molecular formula is C20H24ClF2N5O2. The van der Waals surface area contributed by atoms with E-state index in [1.807, 2.05) is 4.90 Å². The zero-order chi connectivity index (χ0) is 20.9. The lowest BCUT2D eigenvalue weighted by Crippen LogP contribution is -2.43. The molecule has 30 heavy (non-hydrogen) atoms. The number of hydrogen-bond acceptors (Lipinski definition) is 7. The second-order valence-electron chi connectivity index (χ2n) is 8.56. The molecule has 3 fully saturated rings. The summed E-state index contributed by atoms with van der Waals surface area (Å²) in [5.41, 5.74) is -0.321. The quantitative estimate of drug-likeness (QED) is 0.734. The predicted molar refractivity (Wildman–Crippen MR) is 108 cm³/mol. The molecule has 0 saturated carbocycles. The van der Waals surface area contributed by atoms with E-state index >= 15 is 0 Å². The van der Waals surface area contributed by atoms with Gasteiger partial charge in [0.05, 0.1) is 17.0 Å². The van der Waals surface area contributed by atoms with Gasteiger partial charge in [0.1, 0.15) is 24.1 Å². The molecule has 3 atom stereocenters. The highest BCUT2D eigenvalue weighted by molar-refractivity contribution is 6.30. The van der Waals surface area contributed by atoms with Crippen LogP contribution in [0.4, 0.5) is 14.6 Å². The van der Waals surface area contributed by atoms with Gasteiger partial charge >= 0.3 is 6.01 Å². The predicted octanol–water partition coefficient (Wildman–Crippen LogP) is 2.73. The van der Waals surface area contributed by atoms with Gasteiger partial charge in [-0.2, -0.15) is 9.97 Å². The van der Waals surface area contributed by atoms with Crippen LogP contribution in [-0.2, 0) is 0 Å². The van der Waals surface area contributed by atoms with E-state index in [1.54, 1.807) is 0 Å². The number of nitrogens with zero attached hydrogens (tertiary/aromatic N) is 5. The highest BCUT2D eigenvalue weighted by Crippen LogP contribution is 2.40. The summed E-state index contributed by atoms with van der Waals surface area (Å²) in [6, 6.07) is 0.0299. The van der Waals surface area contributed by atoms with Gasteiger partial charge in [0.15, 0.2) is 11.0 Å². The Morgan fingerprint density at radius 1 is 1.27 bits per heavy atom. The molecule has 7 nitrogen and oxygen atoms in total. The number of rotatable bonds is 4. The van der Waals surface area contributed by atoms with Crippen molar-refractivity contribution in [2.45, 2.75) is 49.9 Å².